The molecule has 3 aromatic rings. The Kier molecular flexibility index (Phi) is 4.38. The Morgan fingerprint density at radius 3 is 2.81 bits per heavy atom. The molecule has 1 atom stereocenters. The molecular weight excluding hydrogens is 359 g/mol. The summed E-state index contributed by atoms with van der Waals surface area (Å²) in [5.41, 5.74) is 3.98. The van der Waals surface area contributed by atoms with Crippen molar-refractivity contribution in [2.75, 3.05) is 44.8 Å². The van der Waals surface area contributed by atoms with Crippen LogP contribution in [0.1, 0.15) is 22.6 Å². The summed E-state index contributed by atoms with van der Waals surface area (Å²) in [6.07, 6.45) is 0. The third-order valence-corrected chi connectivity index (χ3v) is 6.67. The van der Waals surface area contributed by atoms with Gasteiger partial charge in [0.15, 0.2) is 5.82 Å². The van der Waals surface area contributed by atoms with E-state index in [4.69, 9.17) is 4.74 Å². The minimum Gasteiger partial charge on any atom is -0.378 e. The van der Waals surface area contributed by atoms with Crippen molar-refractivity contribution in [2.24, 2.45) is 0 Å². The van der Waals surface area contributed by atoms with Crippen molar-refractivity contribution in [2.45, 2.75) is 12.5 Å². The zero-order chi connectivity index (χ0) is 18.4. The van der Waals surface area contributed by atoms with Crippen molar-refractivity contribution in [1.29, 1.82) is 0 Å². The number of nitrogens with zero attached hydrogens (tertiary/aromatic N) is 2. The molecule has 5 rings (SSSR count). The minimum absolute atomic E-state index is 0.0526. The zero-order valence-corrected chi connectivity index (χ0v) is 16.3. The van der Waals surface area contributed by atoms with E-state index in [2.05, 4.69) is 52.6 Å². The lowest BCUT2D eigenvalue weighted by Crippen LogP contribution is -2.38. The standard InChI is InChI=1S/C22H23FN2OS/c1-24-13-18(16-3-2-15-6-11-27-21(15)12-16)17-4-5-20(22(23)19(17)14-24)25-7-9-26-10-8-25/h2-6,11-12,18H,7-10,13-14H2,1H3. The summed E-state index contributed by atoms with van der Waals surface area (Å²) < 4.78 is 22.2. The van der Waals surface area contributed by atoms with E-state index in [1.807, 2.05) is 6.07 Å². The molecule has 1 aromatic heterocycles. The van der Waals surface area contributed by atoms with E-state index < -0.39 is 0 Å². The summed E-state index contributed by atoms with van der Waals surface area (Å²) in [4.78, 5) is 4.35. The SMILES string of the molecule is CN1Cc2c(ccc(N3CCOCC3)c2F)C(c2ccc3ccsc3c2)C1. The van der Waals surface area contributed by atoms with Gasteiger partial charge in [-0.15, -0.1) is 11.3 Å². The number of halogens is 1. The molecule has 3 nitrogen and oxygen atoms in total. The van der Waals surface area contributed by atoms with Gasteiger partial charge < -0.3 is 14.5 Å². The lowest BCUT2D eigenvalue weighted by Gasteiger charge is -2.35. The summed E-state index contributed by atoms with van der Waals surface area (Å²) in [7, 11) is 2.08. The summed E-state index contributed by atoms with van der Waals surface area (Å²) >= 11 is 1.77. The highest BCUT2D eigenvalue weighted by Crippen LogP contribution is 2.38. The average Bonchev–Trinajstić information content (AvgIpc) is 3.17. The molecule has 0 N–H and O–H groups in total. The minimum atomic E-state index is -0.0526. The Morgan fingerprint density at radius 1 is 1.11 bits per heavy atom. The number of hydrogen-bond donors (Lipinski definition) is 0. The quantitative estimate of drug-likeness (QED) is 0.651. The maximum Gasteiger partial charge on any atom is 0.151 e. The van der Waals surface area contributed by atoms with Gasteiger partial charge in [-0.1, -0.05) is 18.2 Å². The van der Waals surface area contributed by atoms with Crippen LogP contribution in [0.15, 0.2) is 41.8 Å². The fourth-order valence-corrected chi connectivity index (χ4v) is 5.21. The van der Waals surface area contributed by atoms with Crippen LogP contribution >= 0.6 is 11.3 Å². The molecule has 2 aromatic carbocycles. The van der Waals surface area contributed by atoms with Crippen molar-refractivity contribution in [3.05, 3.63) is 64.3 Å². The second-order valence-corrected chi connectivity index (χ2v) is 8.48. The van der Waals surface area contributed by atoms with Crippen LogP contribution < -0.4 is 4.90 Å². The van der Waals surface area contributed by atoms with Gasteiger partial charge in [-0.2, -0.15) is 0 Å². The first-order chi connectivity index (χ1) is 13.2. The van der Waals surface area contributed by atoms with Crippen molar-refractivity contribution < 1.29 is 9.13 Å². The van der Waals surface area contributed by atoms with Gasteiger partial charge in [0.1, 0.15) is 0 Å². The summed E-state index contributed by atoms with van der Waals surface area (Å²) in [6, 6.07) is 13.0. The van der Waals surface area contributed by atoms with Crippen molar-refractivity contribution in [3.63, 3.8) is 0 Å². The topological polar surface area (TPSA) is 15.7 Å². The Hall–Kier alpha value is -1.95. The molecule has 5 heteroatoms. The lowest BCUT2D eigenvalue weighted by molar-refractivity contribution is 0.122. The van der Waals surface area contributed by atoms with E-state index in [0.717, 1.165) is 36.4 Å². The first-order valence-corrected chi connectivity index (χ1v) is 10.4. The molecule has 1 fully saturated rings. The number of rotatable bonds is 2. The van der Waals surface area contributed by atoms with Gasteiger partial charge in [0, 0.05) is 42.4 Å². The summed E-state index contributed by atoms with van der Waals surface area (Å²) in [6.45, 7) is 4.42. The van der Waals surface area contributed by atoms with Crippen molar-refractivity contribution >= 4 is 27.1 Å². The monoisotopic (exact) mass is 382 g/mol. The van der Waals surface area contributed by atoms with Gasteiger partial charge in [-0.25, -0.2) is 4.39 Å². The molecule has 0 aliphatic carbocycles. The molecule has 3 heterocycles. The van der Waals surface area contributed by atoms with E-state index in [1.54, 1.807) is 11.3 Å². The van der Waals surface area contributed by atoms with E-state index in [-0.39, 0.29) is 11.7 Å². The number of morpholine rings is 1. The highest BCUT2D eigenvalue weighted by Gasteiger charge is 2.29. The number of thiophene rings is 1. The number of hydrogen-bond acceptors (Lipinski definition) is 4. The number of likely N-dealkylation sites (N-methyl/N-ethyl adjacent to an activating group) is 1. The summed E-state index contributed by atoms with van der Waals surface area (Å²) in [5, 5.41) is 3.41. The third-order valence-electron chi connectivity index (χ3n) is 5.79. The van der Waals surface area contributed by atoms with Crippen LogP contribution in [0.4, 0.5) is 10.1 Å². The number of benzene rings is 2. The molecule has 0 spiro atoms. The molecule has 1 saturated heterocycles. The predicted molar refractivity (Wildman–Crippen MR) is 109 cm³/mol. The Bertz CT molecular complexity index is 980. The van der Waals surface area contributed by atoms with Crippen LogP contribution in [0.5, 0.6) is 0 Å². The van der Waals surface area contributed by atoms with Gasteiger partial charge in [0.2, 0.25) is 0 Å². The molecule has 1 unspecified atom stereocenters. The average molecular weight is 383 g/mol. The fraction of sp³-hybridized carbons (Fsp3) is 0.364. The third kappa shape index (κ3) is 3.04. The van der Waals surface area contributed by atoms with E-state index in [9.17, 15) is 0 Å². The Labute approximate surface area is 163 Å². The Morgan fingerprint density at radius 2 is 1.96 bits per heavy atom. The largest absolute Gasteiger partial charge is 0.378 e. The Balaban J connectivity index is 1.57. The maximum absolute atomic E-state index is 15.5. The molecule has 140 valence electrons. The molecule has 0 amide bonds. The normalized spacial score (nSPS) is 20.8. The van der Waals surface area contributed by atoms with Gasteiger partial charge in [0.25, 0.3) is 0 Å². The zero-order valence-electron chi connectivity index (χ0n) is 15.5. The molecule has 0 saturated carbocycles. The number of ether oxygens (including phenoxy) is 1. The van der Waals surface area contributed by atoms with Crippen LogP contribution in [-0.4, -0.2) is 44.8 Å². The van der Waals surface area contributed by atoms with Crippen LogP contribution in [-0.2, 0) is 11.3 Å². The van der Waals surface area contributed by atoms with Crippen LogP contribution in [0.2, 0.25) is 0 Å². The molecule has 0 radical (unpaired) electrons. The van der Waals surface area contributed by atoms with E-state index in [0.29, 0.717) is 19.8 Å². The summed E-state index contributed by atoms with van der Waals surface area (Å²) in [5.74, 6) is 0.154. The molecule has 27 heavy (non-hydrogen) atoms. The van der Waals surface area contributed by atoms with Gasteiger partial charge >= 0.3 is 0 Å². The van der Waals surface area contributed by atoms with Gasteiger partial charge in [-0.3, -0.25) is 0 Å². The second kappa shape index (κ2) is 6.89. The number of anilines is 1. The molecule has 2 aliphatic rings. The van der Waals surface area contributed by atoms with Gasteiger partial charge in [0.05, 0.1) is 18.9 Å². The van der Waals surface area contributed by atoms with E-state index >= 15 is 4.39 Å². The first-order valence-electron chi connectivity index (χ1n) is 9.50. The lowest BCUT2D eigenvalue weighted by atomic mass is 9.84. The van der Waals surface area contributed by atoms with Crippen molar-refractivity contribution in [3.8, 4) is 0 Å². The second-order valence-electron chi connectivity index (χ2n) is 7.53. The highest BCUT2D eigenvalue weighted by atomic mass is 32.1. The number of fused-ring (bicyclic) bond motifs is 2. The highest BCUT2D eigenvalue weighted by molar-refractivity contribution is 7.17. The van der Waals surface area contributed by atoms with Crippen LogP contribution in [0, 0.1) is 5.82 Å². The molecular formula is C22H23FN2OS. The van der Waals surface area contributed by atoms with Gasteiger partial charge in [-0.05, 0) is 47.1 Å². The molecule has 2 aliphatic heterocycles. The predicted octanol–water partition coefficient (Wildman–Crippen LogP) is 4.45. The van der Waals surface area contributed by atoms with E-state index in [1.165, 1.54) is 15.6 Å². The maximum atomic E-state index is 15.5. The fourth-order valence-electron chi connectivity index (χ4n) is 4.38. The van der Waals surface area contributed by atoms with Crippen LogP contribution in [0.25, 0.3) is 10.1 Å². The first kappa shape index (κ1) is 17.2. The molecule has 0 bridgehead atoms. The smallest absolute Gasteiger partial charge is 0.151 e. The van der Waals surface area contributed by atoms with Crippen LogP contribution in [0.3, 0.4) is 0 Å². The van der Waals surface area contributed by atoms with Crippen molar-refractivity contribution in [1.82, 2.24) is 4.90 Å².